The van der Waals surface area contributed by atoms with Gasteiger partial charge in [-0.1, -0.05) is 13.8 Å². The number of nitrogens with one attached hydrogen (secondary N) is 2. The lowest BCUT2D eigenvalue weighted by atomic mass is 9.92. The van der Waals surface area contributed by atoms with Gasteiger partial charge in [-0.2, -0.15) is 18.2 Å². The van der Waals surface area contributed by atoms with Gasteiger partial charge in [-0.05, 0) is 43.3 Å². The number of hydrogen-bond donors (Lipinski definition) is 2. The summed E-state index contributed by atoms with van der Waals surface area (Å²) >= 11 is 5.13. The van der Waals surface area contributed by atoms with Crippen LogP contribution in [0.25, 0.3) is 0 Å². The first-order valence-corrected chi connectivity index (χ1v) is 8.90. The van der Waals surface area contributed by atoms with Crippen molar-refractivity contribution in [3.8, 4) is 0 Å². The van der Waals surface area contributed by atoms with E-state index in [0.717, 1.165) is 25.3 Å². The second-order valence-corrected chi connectivity index (χ2v) is 7.56. The van der Waals surface area contributed by atoms with Crippen molar-refractivity contribution in [2.45, 2.75) is 45.3 Å². The van der Waals surface area contributed by atoms with E-state index < -0.39 is 11.9 Å². The maximum absolute atomic E-state index is 13.2. The van der Waals surface area contributed by atoms with Crippen molar-refractivity contribution in [2.24, 2.45) is 11.8 Å². The summed E-state index contributed by atoms with van der Waals surface area (Å²) in [5.41, 5.74) is -0.958. The molecule has 0 aromatic carbocycles. The van der Waals surface area contributed by atoms with Gasteiger partial charge in [0.15, 0.2) is 10.8 Å². The van der Waals surface area contributed by atoms with Crippen molar-refractivity contribution in [1.29, 1.82) is 0 Å². The molecule has 2 N–H and O–H groups in total. The van der Waals surface area contributed by atoms with Crippen molar-refractivity contribution < 1.29 is 13.2 Å². The molecule has 1 saturated heterocycles. The lowest BCUT2D eigenvalue weighted by Gasteiger charge is -2.36. The predicted octanol–water partition coefficient (Wildman–Crippen LogP) is 3.43. The molecule has 5 nitrogen and oxygen atoms in total. The topological polar surface area (TPSA) is 53.1 Å². The Morgan fingerprint density at radius 3 is 2.40 bits per heavy atom. The first-order chi connectivity index (χ1) is 11.7. The van der Waals surface area contributed by atoms with Gasteiger partial charge in [-0.3, -0.25) is 0 Å². The molecule has 2 aliphatic rings. The molecule has 0 radical (unpaired) electrons. The summed E-state index contributed by atoms with van der Waals surface area (Å²) in [6.07, 6.45) is -1.44. The Labute approximate surface area is 150 Å². The summed E-state index contributed by atoms with van der Waals surface area (Å²) in [6, 6.07) is 1.32. The fraction of sp³-hybridized carbons (Fsp3) is 0.688. The number of piperidine rings is 1. The average Bonchev–Trinajstić information content (AvgIpc) is 3.28. The Hall–Kier alpha value is -1.64. The monoisotopic (exact) mass is 373 g/mol. The summed E-state index contributed by atoms with van der Waals surface area (Å²) in [5.74, 6) is 0.982. The lowest BCUT2D eigenvalue weighted by Crippen LogP contribution is -2.39. The molecule has 1 saturated carbocycles. The highest BCUT2D eigenvalue weighted by Crippen LogP contribution is 2.32. The van der Waals surface area contributed by atoms with Crippen LogP contribution in [0.1, 0.15) is 38.8 Å². The molecule has 0 spiro atoms. The molecule has 0 amide bonds. The highest BCUT2D eigenvalue weighted by molar-refractivity contribution is 7.80. The molecule has 1 aliphatic carbocycles. The van der Waals surface area contributed by atoms with Crippen LogP contribution < -0.4 is 15.5 Å². The van der Waals surface area contributed by atoms with E-state index >= 15 is 0 Å². The van der Waals surface area contributed by atoms with Crippen LogP contribution in [0.5, 0.6) is 0 Å². The zero-order chi connectivity index (χ0) is 18.2. The summed E-state index contributed by atoms with van der Waals surface area (Å²) < 4.78 is 39.7. The Morgan fingerprint density at radius 2 is 1.84 bits per heavy atom. The van der Waals surface area contributed by atoms with Gasteiger partial charge in [0.2, 0.25) is 5.95 Å². The van der Waals surface area contributed by atoms with Crippen LogP contribution in [0.4, 0.5) is 24.9 Å². The molecule has 2 heterocycles. The number of thiocarbonyl (C=S) groups is 1. The van der Waals surface area contributed by atoms with Crippen LogP contribution in [0.3, 0.4) is 0 Å². The number of aromatic nitrogens is 2. The Balaban J connectivity index is 1.85. The summed E-state index contributed by atoms with van der Waals surface area (Å²) in [6.45, 7) is 5.57. The third-order valence-corrected chi connectivity index (χ3v) is 4.55. The van der Waals surface area contributed by atoms with E-state index in [9.17, 15) is 13.2 Å². The first-order valence-electron chi connectivity index (χ1n) is 8.49. The van der Waals surface area contributed by atoms with Gasteiger partial charge < -0.3 is 15.5 Å². The van der Waals surface area contributed by atoms with Crippen LogP contribution in [-0.4, -0.2) is 34.2 Å². The molecule has 1 aromatic rings. The molecule has 0 bridgehead atoms. The van der Waals surface area contributed by atoms with E-state index in [4.69, 9.17) is 12.2 Å². The second-order valence-electron chi connectivity index (χ2n) is 7.16. The van der Waals surface area contributed by atoms with E-state index in [1.165, 1.54) is 0 Å². The quantitative estimate of drug-likeness (QED) is 0.792. The summed E-state index contributed by atoms with van der Waals surface area (Å²) in [5, 5.41) is 5.98. The maximum atomic E-state index is 13.2. The van der Waals surface area contributed by atoms with E-state index in [-0.39, 0.29) is 16.9 Å². The van der Waals surface area contributed by atoms with Crippen LogP contribution in [-0.2, 0) is 6.18 Å². The van der Waals surface area contributed by atoms with Gasteiger partial charge in [0, 0.05) is 25.2 Å². The van der Waals surface area contributed by atoms with Crippen molar-refractivity contribution in [3.05, 3.63) is 11.8 Å². The highest BCUT2D eigenvalue weighted by Gasteiger charge is 2.35. The summed E-state index contributed by atoms with van der Waals surface area (Å²) in [4.78, 5) is 9.79. The van der Waals surface area contributed by atoms with Crippen LogP contribution >= 0.6 is 12.2 Å². The first kappa shape index (κ1) is 18.2. The third-order valence-electron chi connectivity index (χ3n) is 4.33. The predicted molar refractivity (Wildman–Crippen MR) is 94.6 cm³/mol. The van der Waals surface area contributed by atoms with Crippen molar-refractivity contribution in [3.63, 3.8) is 0 Å². The van der Waals surface area contributed by atoms with Gasteiger partial charge in [0.1, 0.15) is 5.82 Å². The van der Waals surface area contributed by atoms with E-state index in [1.54, 1.807) is 0 Å². The normalized spacial score (nSPS) is 24.1. The lowest BCUT2D eigenvalue weighted by molar-refractivity contribution is -0.141. The molecule has 3 rings (SSSR count). The molecule has 0 unspecified atom stereocenters. The van der Waals surface area contributed by atoms with Crippen LogP contribution in [0.2, 0.25) is 0 Å². The molecule has 138 valence electrons. The number of hydrogen-bond acceptors (Lipinski definition) is 4. The van der Waals surface area contributed by atoms with Crippen molar-refractivity contribution in [2.75, 3.05) is 23.3 Å². The molecular weight excluding hydrogens is 351 g/mol. The van der Waals surface area contributed by atoms with Gasteiger partial charge in [0.25, 0.3) is 0 Å². The van der Waals surface area contributed by atoms with Crippen LogP contribution in [0.15, 0.2) is 6.07 Å². The maximum Gasteiger partial charge on any atom is 0.433 e. The minimum atomic E-state index is -4.54. The molecule has 25 heavy (non-hydrogen) atoms. The number of nitrogens with zero attached hydrogens (tertiary/aromatic N) is 3. The van der Waals surface area contributed by atoms with Gasteiger partial charge in [-0.25, -0.2) is 4.98 Å². The van der Waals surface area contributed by atoms with Crippen molar-refractivity contribution in [1.82, 2.24) is 15.3 Å². The summed E-state index contributed by atoms with van der Waals surface area (Å²) in [7, 11) is 0. The number of alkyl halides is 3. The van der Waals surface area contributed by atoms with E-state index in [1.807, 2.05) is 4.90 Å². The smallest absolute Gasteiger partial charge is 0.360 e. The molecule has 1 aliphatic heterocycles. The number of halogens is 3. The minimum absolute atomic E-state index is 0.117. The largest absolute Gasteiger partial charge is 0.433 e. The van der Waals surface area contributed by atoms with Gasteiger partial charge in [0.05, 0.1) is 0 Å². The minimum Gasteiger partial charge on any atom is -0.360 e. The third kappa shape index (κ3) is 4.93. The van der Waals surface area contributed by atoms with Crippen molar-refractivity contribution >= 4 is 29.1 Å². The Kier molecular flexibility index (Phi) is 5.04. The van der Waals surface area contributed by atoms with E-state index in [0.29, 0.717) is 31.0 Å². The molecular formula is C16H22F3N5S. The standard InChI is InChI=1S/C16H22F3N5S/c1-9-5-10(2)8-24(7-9)13-6-12(16(17,18)19)21-14(22-13)23-15(25)20-11-3-4-11/h6,9-11H,3-5,7-8H2,1-2H3,(H2,20,21,22,23,25)/t9-,10+. The number of rotatable bonds is 3. The van der Waals surface area contributed by atoms with Gasteiger partial charge >= 0.3 is 6.18 Å². The molecule has 2 fully saturated rings. The number of anilines is 2. The fourth-order valence-corrected chi connectivity index (χ4v) is 3.46. The molecule has 9 heteroatoms. The second kappa shape index (κ2) is 6.93. The van der Waals surface area contributed by atoms with E-state index in [2.05, 4.69) is 34.4 Å². The Bertz CT molecular complexity index is 637. The highest BCUT2D eigenvalue weighted by atomic mass is 32.1. The van der Waals surface area contributed by atoms with Crippen LogP contribution in [0, 0.1) is 11.8 Å². The Morgan fingerprint density at radius 1 is 1.20 bits per heavy atom. The molecule has 1 aromatic heterocycles. The fourth-order valence-electron chi connectivity index (χ4n) is 3.20. The average molecular weight is 373 g/mol. The van der Waals surface area contributed by atoms with Gasteiger partial charge in [-0.15, -0.1) is 0 Å². The SMILES string of the molecule is C[C@@H]1C[C@H](C)CN(c2cc(C(F)(F)F)nc(NC(=S)NC3CC3)n2)C1. The molecule has 2 atom stereocenters. The zero-order valence-corrected chi connectivity index (χ0v) is 15.0. The zero-order valence-electron chi connectivity index (χ0n) is 14.2.